The lowest BCUT2D eigenvalue weighted by molar-refractivity contribution is 0.273. The third kappa shape index (κ3) is 5.44. The topological polar surface area (TPSA) is 75.6 Å². The van der Waals surface area contributed by atoms with Crippen LogP contribution in [0.1, 0.15) is 24.3 Å². The van der Waals surface area contributed by atoms with Crippen LogP contribution in [0.25, 0.3) is 0 Å². The van der Waals surface area contributed by atoms with Gasteiger partial charge in [0, 0.05) is 18.2 Å². The van der Waals surface area contributed by atoms with Crippen LogP contribution in [0.4, 0.5) is 0 Å². The van der Waals surface area contributed by atoms with E-state index in [4.69, 9.17) is 16.3 Å². The first kappa shape index (κ1) is 19.7. The first-order chi connectivity index (χ1) is 12.0. The summed E-state index contributed by atoms with van der Waals surface area (Å²) in [6.07, 6.45) is 1.15. The van der Waals surface area contributed by atoms with Crippen LogP contribution >= 0.6 is 11.6 Å². The predicted molar refractivity (Wildman–Crippen MR) is 98.7 cm³/mol. The first-order valence-electron chi connectivity index (χ1n) is 7.97. The number of hydrogen-bond acceptors (Lipinski definition) is 4. The summed E-state index contributed by atoms with van der Waals surface area (Å²) >= 11 is 5.91. The second kappa shape index (κ2) is 9.20. The number of methoxy groups -OCH3 is 1. The van der Waals surface area contributed by atoms with Gasteiger partial charge in [-0.3, -0.25) is 0 Å². The number of aliphatic hydroxyl groups is 1. The van der Waals surface area contributed by atoms with Gasteiger partial charge < -0.3 is 9.84 Å². The highest BCUT2D eigenvalue weighted by Gasteiger charge is 2.20. The molecule has 0 saturated carbocycles. The maximum absolute atomic E-state index is 12.5. The minimum absolute atomic E-state index is 0.0147. The van der Waals surface area contributed by atoms with Gasteiger partial charge in [-0.1, -0.05) is 41.9 Å². The predicted octanol–water partition coefficient (Wildman–Crippen LogP) is 3.18. The van der Waals surface area contributed by atoms with Crippen molar-refractivity contribution in [3.63, 3.8) is 0 Å². The van der Waals surface area contributed by atoms with Crippen molar-refractivity contribution in [1.29, 1.82) is 0 Å². The van der Waals surface area contributed by atoms with E-state index in [1.807, 2.05) is 30.3 Å². The van der Waals surface area contributed by atoms with Crippen molar-refractivity contribution in [2.24, 2.45) is 0 Å². The Kier molecular flexibility index (Phi) is 7.25. The van der Waals surface area contributed by atoms with Gasteiger partial charge in [-0.25, -0.2) is 13.1 Å². The van der Waals surface area contributed by atoms with Gasteiger partial charge in [0.1, 0.15) is 10.6 Å². The lowest BCUT2D eigenvalue weighted by Gasteiger charge is -2.17. The summed E-state index contributed by atoms with van der Waals surface area (Å²) in [5.74, 6) is 0.321. The molecule has 0 aliphatic rings. The number of ether oxygens (including phenoxy) is 1. The molecule has 0 aliphatic heterocycles. The highest BCUT2D eigenvalue weighted by molar-refractivity contribution is 7.89. The molecule has 0 aromatic heterocycles. The summed E-state index contributed by atoms with van der Waals surface area (Å²) < 4.78 is 32.8. The molecule has 0 bridgehead atoms. The largest absolute Gasteiger partial charge is 0.495 e. The lowest BCUT2D eigenvalue weighted by atomic mass is 9.93. The van der Waals surface area contributed by atoms with Crippen LogP contribution in [0.5, 0.6) is 5.75 Å². The van der Waals surface area contributed by atoms with Gasteiger partial charge in [0.2, 0.25) is 10.0 Å². The van der Waals surface area contributed by atoms with Gasteiger partial charge in [-0.05, 0) is 42.5 Å². The Morgan fingerprint density at radius 1 is 1.16 bits per heavy atom. The zero-order chi connectivity index (χ0) is 18.3. The van der Waals surface area contributed by atoms with E-state index in [1.54, 1.807) is 6.07 Å². The number of sulfonamides is 1. The Balaban J connectivity index is 2.08. The molecule has 0 heterocycles. The number of hydrogen-bond donors (Lipinski definition) is 2. The van der Waals surface area contributed by atoms with Crippen LogP contribution in [0.15, 0.2) is 53.4 Å². The number of benzene rings is 2. The van der Waals surface area contributed by atoms with Crippen molar-refractivity contribution in [3.8, 4) is 5.75 Å². The zero-order valence-electron chi connectivity index (χ0n) is 14.0. The van der Waals surface area contributed by atoms with E-state index >= 15 is 0 Å². The third-order valence-electron chi connectivity index (χ3n) is 3.95. The van der Waals surface area contributed by atoms with Gasteiger partial charge in [0.15, 0.2) is 0 Å². The summed E-state index contributed by atoms with van der Waals surface area (Å²) in [4.78, 5) is 0.0147. The Bertz CT molecular complexity index is 781. The van der Waals surface area contributed by atoms with Crippen molar-refractivity contribution in [1.82, 2.24) is 4.72 Å². The molecule has 0 radical (unpaired) electrons. The fraction of sp³-hybridized carbons (Fsp3) is 0.333. The average Bonchev–Trinajstić information content (AvgIpc) is 2.61. The molecule has 136 valence electrons. The van der Waals surface area contributed by atoms with Gasteiger partial charge >= 0.3 is 0 Å². The Morgan fingerprint density at radius 3 is 2.52 bits per heavy atom. The van der Waals surface area contributed by atoms with Crippen molar-refractivity contribution >= 4 is 21.6 Å². The molecule has 5 nitrogen and oxygen atoms in total. The Hall–Kier alpha value is -1.60. The van der Waals surface area contributed by atoms with Crippen molar-refractivity contribution in [3.05, 3.63) is 59.1 Å². The van der Waals surface area contributed by atoms with Crippen LogP contribution < -0.4 is 9.46 Å². The number of rotatable bonds is 9. The van der Waals surface area contributed by atoms with Crippen molar-refractivity contribution < 1.29 is 18.3 Å². The quantitative estimate of drug-likeness (QED) is 0.697. The molecule has 0 aliphatic carbocycles. The van der Waals surface area contributed by atoms with Crippen LogP contribution in [-0.2, 0) is 10.0 Å². The standard InChI is InChI=1S/C18H22ClNO4S/c1-24-17-8-7-16(19)13-18(17)25(22,23)20-11-9-15(10-12-21)14-5-3-2-4-6-14/h2-8,13,15,20-21H,9-12H2,1H3/t15-/m0/s1. The molecular formula is C18H22ClNO4S. The highest BCUT2D eigenvalue weighted by atomic mass is 35.5. The minimum Gasteiger partial charge on any atom is -0.495 e. The van der Waals surface area contributed by atoms with E-state index in [9.17, 15) is 13.5 Å². The van der Waals surface area contributed by atoms with Crippen LogP contribution in [0.2, 0.25) is 5.02 Å². The maximum Gasteiger partial charge on any atom is 0.244 e. The fourth-order valence-electron chi connectivity index (χ4n) is 2.66. The smallest absolute Gasteiger partial charge is 0.244 e. The number of aliphatic hydroxyl groups excluding tert-OH is 1. The van der Waals surface area contributed by atoms with E-state index in [-0.39, 0.29) is 29.7 Å². The fourth-order valence-corrected chi connectivity index (χ4v) is 4.14. The molecule has 0 unspecified atom stereocenters. The molecule has 2 aromatic carbocycles. The molecule has 0 amide bonds. The van der Waals surface area contributed by atoms with Crippen molar-refractivity contribution in [2.75, 3.05) is 20.3 Å². The lowest BCUT2D eigenvalue weighted by Crippen LogP contribution is -2.26. The summed E-state index contributed by atoms with van der Waals surface area (Å²) in [5.41, 5.74) is 1.08. The first-order valence-corrected chi connectivity index (χ1v) is 9.83. The molecule has 0 spiro atoms. The number of halogens is 1. The summed E-state index contributed by atoms with van der Waals surface area (Å²) in [6, 6.07) is 14.2. The maximum atomic E-state index is 12.5. The van der Waals surface area contributed by atoms with Crippen LogP contribution in [-0.4, -0.2) is 33.8 Å². The average molecular weight is 384 g/mol. The molecule has 2 N–H and O–H groups in total. The van der Waals surface area contributed by atoms with E-state index in [2.05, 4.69) is 4.72 Å². The van der Waals surface area contributed by atoms with Crippen LogP contribution in [0, 0.1) is 0 Å². The monoisotopic (exact) mass is 383 g/mol. The van der Waals surface area contributed by atoms with Crippen LogP contribution in [0.3, 0.4) is 0 Å². The van der Waals surface area contributed by atoms with Gasteiger partial charge in [0.05, 0.1) is 7.11 Å². The molecule has 7 heteroatoms. The van der Waals surface area contributed by atoms with E-state index < -0.39 is 10.0 Å². The summed E-state index contributed by atoms with van der Waals surface area (Å²) in [6.45, 7) is 0.298. The molecular weight excluding hydrogens is 362 g/mol. The van der Waals surface area contributed by atoms with Gasteiger partial charge in [-0.2, -0.15) is 0 Å². The Labute approximate surface area is 153 Å². The molecule has 25 heavy (non-hydrogen) atoms. The normalized spacial score (nSPS) is 12.8. The van der Waals surface area contributed by atoms with E-state index in [0.717, 1.165) is 5.56 Å². The molecule has 0 fully saturated rings. The second-order valence-corrected chi connectivity index (χ2v) is 7.77. The van der Waals surface area contributed by atoms with E-state index in [1.165, 1.54) is 19.2 Å². The second-order valence-electron chi connectivity index (χ2n) is 5.60. The zero-order valence-corrected chi connectivity index (χ0v) is 15.6. The van der Waals surface area contributed by atoms with Crippen molar-refractivity contribution in [2.45, 2.75) is 23.7 Å². The van der Waals surface area contributed by atoms with E-state index in [0.29, 0.717) is 17.9 Å². The summed E-state index contributed by atoms with van der Waals surface area (Å²) in [5, 5.41) is 9.59. The SMILES string of the molecule is COc1ccc(Cl)cc1S(=O)(=O)NCC[C@@H](CCO)c1ccccc1. The minimum atomic E-state index is -3.74. The highest BCUT2D eigenvalue weighted by Crippen LogP contribution is 2.27. The molecule has 2 rings (SSSR count). The summed E-state index contributed by atoms with van der Waals surface area (Å²) in [7, 11) is -2.33. The van der Waals surface area contributed by atoms with Gasteiger partial charge in [-0.15, -0.1) is 0 Å². The third-order valence-corrected chi connectivity index (χ3v) is 5.67. The number of nitrogens with one attached hydrogen (secondary N) is 1. The Morgan fingerprint density at radius 2 is 1.88 bits per heavy atom. The molecule has 0 saturated heterocycles. The molecule has 1 atom stereocenters. The molecule has 2 aromatic rings. The van der Waals surface area contributed by atoms with Gasteiger partial charge in [0.25, 0.3) is 0 Å².